The Morgan fingerprint density at radius 3 is 1.78 bits per heavy atom. The summed E-state index contributed by atoms with van der Waals surface area (Å²) in [5, 5.41) is 0. The van der Waals surface area contributed by atoms with Gasteiger partial charge in [-0.05, 0) is 0 Å². The van der Waals surface area contributed by atoms with E-state index in [4.69, 9.17) is 9.47 Å². The Bertz CT molecular complexity index is 165. The van der Waals surface area contributed by atoms with Crippen LogP contribution in [0.3, 0.4) is 0 Å². The zero-order chi connectivity index (χ0) is 6.10. The van der Waals surface area contributed by atoms with Crippen LogP contribution in [0.4, 0.5) is 0 Å². The van der Waals surface area contributed by atoms with Crippen LogP contribution < -0.4 is 0 Å². The first-order valence-corrected chi connectivity index (χ1v) is 2.77. The van der Waals surface area contributed by atoms with E-state index < -0.39 is 0 Å². The molecule has 0 unspecified atom stereocenters. The van der Waals surface area contributed by atoms with E-state index in [2.05, 4.69) is 9.98 Å². The van der Waals surface area contributed by atoms with Crippen LogP contribution in [0.2, 0.25) is 0 Å². The average Bonchev–Trinajstić information content (AvgIpc) is 1.57. The second-order valence-electron chi connectivity index (χ2n) is 1.83. The average molecular weight is 126 g/mol. The highest BCUT2D eigenvalue weighted by Crippen LogP contribution is 2.07. The fraction of sp³-hybridized carbons (Fsp3) is 0.600. The molecule has 4 heteroatoms. The molecule has 0 N–H and O–H groups in total. The van der Waals surface area contributed by atoms with E-state index >= 15 is 0 Å². The van der Waals surface area contributed by atoms with Crippen molar-refractivity contribution in [3.8, 4) is 0 Å². The highest BCUT2D eigenvalue weighted by atomic mass is 16.5. The largest absolute Gasteiger partial charge is 0.458 e. The highest BCUT2D eigenvalue weighted by Gasteiger charge is 2.16. The SMILES string of the molecule is C1N=C(CC2=NCO2)O1. The minimum absolute atomic E-state index is 0.503. The molecule has 9 heavy (non-hydrogen) atoms. The summed E-state index contributed by atoms with van der Waals surface area (Å²) in [4.78, 5) is 7.85. The smallest absolute Gasteiger partial charge is 0.198 e. The van der Waals surface area contributed by atoms with Gasteiger partial charge >= 0.3 is 0 Å². The normalized spacial score (nSPS) is 21.8. The molecule has 0 amide bonds. The number of hydrogen-bond acceptors (Lipinski definition) is 4. The number of ether oxygens (including phenoxy) is 2. The molecule has 2 aliphatic rings. The Labute approximate surface area is 52.2 Å². The monoisotopic (exact) mass is 126 g/mol. The first-order chi connectivity index (χ1) is 4.45. The van der Waals surface area contributed by atoms with Crippen LogP contribution in [0, 0.1) is 0 Å². The van der Waals surface area contributed by atoms with Gasteiger partial charge in [0.2, 0.25) is 0 Å². The molecule has 2 rings (SSSR count). The standard InChI is InChI=1S/C5H6N2O2/c1(4-6-2-8-4)5-7-3-9-5/h1-3H2. The van der Waals surface area contributed by atoms with E-state index in [0.717, 1.165) is 11.8 Å². The lowest BCUT2D eigenvalue weighted by Gasteiger charge is -2.19. The van der Waals surface area contributed by atoms with Crippen LogP contribution in [-0.4, -0.2) is 25.3 Å². The maximum absolute atomic E-state index is 4.93. The van der Waals surface area contributed by atoms with Crippen molar-refractivity contribution >= 4 is 11.8 Å². The van der Waals surface area contributed by atoms with Gasteiger partial charge in [-0.2, -0.15) is 0 Å². The van der Waals surface area contributed by atoms with Gasteiger partial charge in [-0.25, -0.2) is 9.98 Å². The lowest BCUT2D eigenvalue weighted by molar-refractivity contribution is 0.233. The first kappa shape index (κ1) is 4.78. The molecule has 0 bridgehead atoms. The van der Waals surface area contributed by atoms with Crippen LogP contribution in [0.1, 0.15) is 6.42 Å². The molecular formula is C5H6N2O2. The van der Waals surface area contributed by atoms with E-state index in [0.29, 0.717) is 19.9 Å². The van der Waals surface area contributed by atoms with Gasteiger partial charge in [0.25, 0.3) is 0 Å². The highest BCUT2D eigenvalue weighted by molar-refractivity contribution is 5.99. The van der Waals surface area contributed by atoms with Crippen molar-refractivity contribution < 1.29 is 9.47 Å². The maximum atomic E-state index is 4.93. The summed E-state index contributed by atoms with van der Waals surface area (Å²) >= 11 is 0. The Hall–Kier alpha value is -1.06. The van der Waals surface area contributed by atoms with Gasteiger partial charge in [0.15, 0.2) is 25.3 Å². The number of aliphatic imine (C=N–C) groups is 2. The first-order valence-electron chi connectivity index (χ1n) is 2.77. The van der Waals surface area contributed by atoms with Gasteiger partial charge in [-0.15, -0.1) is 0 Å². The van der Waals surface area contributed by atoms with Gasteiger partial charge in [0.1, 0.15) is 0 Å². The van der Waals surface area contributed by atoms with Crippen LogP contribution in [0.5, 0.6) is 0 Å². The molecule has 0 aromatic carbocycles. The Morgan fingerprint density at radius 2 is 1.56 bits per heavy atom. The van der Waals surface area contributed by atoms with Crippen LogP contribution in [-0.2, 0) is 9.47 Å². The maximum Gasteiger partial charge on any atom is 0.198 e. The molecule has 0 saturated heterocycles. The second-order valence-corrected chi connectivity index (χ2v) is 1.83. The van der Waals surface area contributed by atoms with Gasteiger partial charge < -0.3 is 9.47 Å². The number of hydrogen-bond donors (Lipinski definition) is 0. The lowest BCUT2D eigenvalue weighted by atomic mass is 10.4. The van der Waals surface area contributed by atoms with Crippen LogP contribution >= 0.6 is 0 Å². The summed E-state index contributed by atoms with van der Waals surface area (Å²) in [5.41, 5.74) is 0. The summed E-state index contributed by atoms with van der Waals surface area (Å²) in [6.07, 6.45) is 0.639. The molecule has 4 nitrogen and oxygen atoms in total. The molecule has 2 heterocycles. The summed E-state index contributed by atoms with van der Waals surface area (Å²) in [6, 6.07) is 0. The topological polar surface area (TPSA) is 43.2 Å². The molecule has 2 aliphatic heterocycles. The van der Waals surface area contributed by atoms with Crippen molar-refractivity contribution in [2.75, 3.05) is 13.5 Å². The van der Waals surface area contributed by atoms with Crippen molar-refractivity contribution in [3.63, 3.8) is 0 Å². The van der Waals surface area contributed by atoms with Crippen molar-refractivity contribution in [3.05, 3.63) is 0 Å². The number of nitrogens with zero attached hydrogens (tertiary/aromatic N) is 2. The van der Waals surface area contributed by atoms with Gasteiger partial charge in [0.05, 0.1) is 6.42 Å². The van der Waals surface area contributed by atoms with Gasteiger partial charge in [0, 0.05) is 0 Å². The second kappa shape index (κ2) is 1.72. The Morgan fingerprint density at radius 1 is 1.11 bits per heavy atom. The lowest BCUT2D eigenvalue weighted by Crippen LogP contribution is -2.25. The number of rotatable bonds is 2. The van der Waals surface area contributed by atoms with E-state index in [9.17, 15) is 0 Å². The van der Waals surface area contributed by atoms with Crippen LogP contribution in [0.25, 0.3) is 0 Å². The molecule has 0 aromatic rings. The van der Waals surface area contributed by atoms with Gasteiger partial charge in [-0.3, -0.25) is 0 Å². The van der Waals surface area contributed by atoms with Crippen molar-refractivity contribution in [1.82, 2.24) is 0 Å². The van der Waals surface area contributed by atoms with Crippen molar-refractivity contribution in [2.45, 2.75) is 6.42 Å². The van der Waals surface area contributed by atoms with Gasteiger partial charge in [-0.1, -0.05) is 0 Å². The molecule has 48 valence electrons. The van der Waals surface area contributed by atoms with E-state index in [1.165, 1.54) is 0 Å². The Kier molecular flexibility index (Phi) is 0.913. The summed E-state index contributed by atoms with van der Waals surface area (Å²) in [5.74, 6) is 1.49. The summed E-state index contributed by atoms with van der Waals surface area (Å²) in [6.45, 7) is 1.01. The molecular weight excluding hydrogens is 120 g/mol. The third kappa shape index (κ3) is 0.759. The summed E-state index contributed by atoms with van der Waals surface area (Å²) < 4.78 is 9.85. The van der Waals surface area contributed by atoms with E-state index in [1.54, 1.807) is 0 Å². The predicted molar refractivity (Wildman–Crippen MR) is 31.4 cm³/mol. The van der Waals surface area contributed by atoms with E-state index in [-0.39, 0.29) is 0 Å². The zero-order valence-electron chi connectivity index (χ0n) is 4.83. The summed E-state index contributed by atoms with van der Waals surface area (Å²) in [7, 11) is 0. The Balaban J connectivity index is 1.89. The zero-order valence-corrected chi connectivity index (χ0v) is 4.83. The molecule has 0 aliphatic carbocycles. The molecule has 0 radical (unpaired) electrons. The van der Waals surface area contributed by atoms with Crippen LogP contribution in [0.15, 0.2) is 9.98 Å². The minimum atomic E-state index is 0.503. The molecule has 0 atom stereocenters. The van der Waals surface area contributed by atoms with Crippen molar-refractivity contribution in [1.29, 1.82) is 0 Å². The fourth-order valence-electron chi connectivity index (χ4n) is 0.655. The fourth-order valence-corrected chi connectivity index (χ4v) is 0.655. The van der Waals surface area contributed by atoms with Crippen molar-refractivity contribution in [2.24, 2.45) is 9.98 Å². The predicted octanol–water partition coefficient (Wildman–Crippen LogP) is 0.149. The van der Waals surface area contributed by atoms with E-state index in [1.807, 2.05) is 0 Å². The third-order valence-corrected chi connectivity index (χ3v) is 1.25. The quantitative estimate of drug-likeness (QED) is 0.528. The molecule has 0 aromatic heterocycles. The molecule has 0 saturated carbocycles. The third-order valence-electron chi connectivity index (χ3n) is 1.25. The minimum Gasteiger partial charge on any atom is -0.458 e. The molecule has 0 spiro atoms. The molecule has 0 fully saturated rings.